The Kier molecular flexibility index (Phi) is 5.79. The lowest BCUT2D eigenvalue weighted by atomic mass is 9.95. The van der Waals surface area contributed by atoms with E-state index in [0.29, 0.717) is 36.5 Å². The molecule has 0 aliphatic carbocycles. The van der Waals surface area contributed by atoms with Gasteiger partial charge in [0.1, 0.15) is 5.82 Å². The molecule has 0 fully saturated rings. The first-order chi connectivity index (χ1) is 10.8. The van der Waals surface area contributed by atoms with E-state index in [1.165, 1.54) is 6.07 Å². The van der Waals surface area contributed by atoms with Crippen LogP contribution < -0.4 is 9.47 Å². The maximum absolute atomic E-state index is 13.7. The van der Waals surface area contributed by atoms with Crippen LogP contribution >= 0.6 is 0 Å². The minimum atomic E-state index is -0.456. The van der Waals surface area contributed by atoms with Gasteiger partial charge in [0.2, 0.25) is 0 Å². The number of nitriles is 1. The number of methoxy groups -OCH3 is 1. The predicted octanol–water partition coefficient (Wildman–Crippen LogP) is 4.30. The van der Waals surface area contributed by atoms with Gasteiger partial charge in [-0.3, -0.25) is 0 Å². The Labute approximate surface area is 129 Å². The van der Waals surface area contributed by atoms with E-state index < -0.39 is 5.92 Å². The van der Waals surface area contributed by atoms with Crippen molar-refractivity contribution in [3.05, 3.63) is 59.9 Å². The van der Waals surface area contributed by atoms with Crippen LogP contribution in [0.3, 0.4) is 0 Å². The number of benzene rings is 2. The fraction of sp³-hybridized carbons (Fsp3) is 0.278. The molecule has 0 aromatic heterocycles. The van der Waals surface area contributed by atoms with E-state index in [0.717, 1.165) is 0 Å². The molecular weight excluding hydrogens is 281 g/mol. The first kappa shape index (κ1) is 15.8. The summed E-state index contributed by atoms with van der Waals surface area (Å²) in [5, 5.41) is 9.22. The van der Waals surface area contributed by atoms with Gasteiger partial charge >= 0.3 is 0 Å². The summed E-state index contributed by atoms with van der Waals surface area (Å²) >= 11 is 0. The lowest BCUT2D eigenvalue weighted by Gasteiger charge is -2.12. The number of halogens is 1. The number of hydrogen-bond donors (Lipinski definition) is 0. The average molecular weight is 299 g/mol. The molecule has 0 heterocycles. The molecule has 2 aromatic rings. The Morgan fingerprint density at radius 1 is 1.09 bits per heavy atom. The topological polar surface area (TPSA) is 42.2 Å². The Hall–Kier alpha value is -2.54. The predicted molar refractivity (Wildman–Crippen MR) is 82.5 cm³/mol. The molecule has 2 rings (SSSR count). The van der Waals surface area contributed by atoms with Crippen LogP contribution in [0.25, 0.3) is 0 Å². The van der Waals surface area contributed by atoms with Crippen molar-refractivity contribution < 1.29 is 13.9 Å². The van der Waals surface area contributed by atoms with Crippen molar-refractivity contribution in [3.63, 3.8) is 0 Å². The van der Waals surface area contributed by atoms with Crippen LogP contribution in [0.15, 0.2) is 48.5 Å². The molecule has 0 saturated heterocycles. The van der Waals surface area contributed by atoms with E-state index in [9.17, 15) is 9.65 Å². The highest BCUT2D eigenvalue weighted by atomic mass is 19.1. The molecule has 0 saturated carbocycles. The Morgan fingerprint density at radius 2 is 1.77 bits per heavy atom. The van der Waals surface area contributed by atoms with Gasteiger partial charge in [-0.05, 0) is 31.0 Å². The number of hydrogen-bond acceptors (Lipinski definition) is 3. The van der Waals surface area contributed by atoms with E-state index in [1.807, 2.05) is 24.3 Å². The summed E-state index contributed by atoms with van der Waals surface area (Å²) in [5.41, 5.74) is 0.447. The van der Waals surface area contributed by atoms with E-state index in [1.54, 1.807) is 25.3 Å². The van der Waals surface area contributed by atoms with Crippen LogP contribution in [0.1, 0.15) is 24.3 Å². The van der Waals surface area contributed by atoms with Crippen molar-refractivity contribution >= 4 is 0 Å². The zero-order valence-corrected chi connectivity index (χ0v) is 12.5. The highest BCUT2D eigenvalue weighted by molar-refractivity contribution is 5.39. The molecule has 4 heteroatoms. The van der Waals surface area contributed by atoms with Crippen LogP contribution in [-0.4, -0.2) is 13.7 Å². The molecule has 114 valence electrons. The Morgan fingerprint density at radius 3 is 2.45 bits per heavy atom. The summed E-state index contributed by atoms with van der Waals surface area (Å²) in [4.78, 5) is 0. The van der Waals surface area contributed by atoms with Crippen molar-refractivity contribution in [2.24, 2.45) is 0 Å². The van der Waals surface area contributed by atoms with E-state index in [4.69, 9.17) is 9.47 Å². The third-order valence-electron chi connectivity index (χ3n) is 3.40. The number of rotatable bonds is 7. The van der Waals surface area contributed by atoms with Crippen LogP contribution in [0.5, 0.6) is 11.5 Å². The Bertz CT molecular complexity index is 652. The first-order valence-electron chi connectivity index (χ1n) is 7.16. The van der Waals surface area contributed by atoms with Crippen molar-refractivity contribution in [1.29, 1.82) is 5.26 Å². The highest BCUT2D eigenvalue weighted by Gasteiger charge is 2.14. The molecule has 0 aliphatic heterocycles. The molecular formula is C18H18FNO2. The quantitative estimate of drug-likeness (QED) is 0.716. The summed E-state index contributed by atoms with van der Waals surface area (Å²) in [6.07, 6.45) is 1.21. The van der Waals surface area contributed by atoms with E-state index >= 15 is 0 Å². The molecule has 0 bridgehead atoms. The van der Waals surface area contributed by atoms with Gasteiger partial charge in [-0.1, -0.05) is 30.3 Å². The molecule has 1 unspecified atom stereocenters. The third-order valence-corrected chi connectivity index (χ3v) is 3.40. The molecule has 0 amide bonds. The summed E-state index contributed by atoms with van der Waals surface area (Å²) in [6, 6.07) is 16.0. The standard InChI is InChI=1S/C18H18FNO2/c1-21-17-10-4-5-11-18(17)22-12-6-7-14(13-20)15-8-2-3-9-16(15)19/h2-5,8-11,14H,6-7,12H2,1H3. The van der Waals surface area contributed by atoms with Crippen LogP contribution in [0.4, 0.5) is 4.39 Å². The molecule has 0 N–H and O–H groups in total. The van der Waals surface area contributed by atoms with Crippen molar-refractivity contribution in [3.8, 4) is 17.6 Å². The average Bonchev–Trinajstić information content (AvgIpc) is 2.56. The van der Waals surface area contributed by atoms with Crippen LogP contribution in [-0.2, 0) is 0 Å². The van der Waals surface area contributed by atoms with Gasteiger partial charge < -0.3 is 9.47 Å². The number of nitrogens with zero attached hydrogens (tertiary/aromatic N) is 1. The molecule has 2 aromatic carbocycles. The first-order valence-corrected chi connectivity index (χ1v) is 7.16. The monoisotopic (exact) mass is 299 g/mol. The fourth-order valence-electron chi connectivity index (χ4n) is 2.25. The van der Waals surface area contributed by atoms with Crippen LogP contribution in [0.2, 0.25) is 0 Å². The lowest BCUT2D eigenvalue weighted by Crippen LogP contribution is -2.04. The van der Waals surface area contributed by atoms with Gasteiger partial charge in [-0.15, -0.1) is 0 Å². The fourth-order valence-corrected chi connectivity index (χ4v) is 2.25. The zero-order valence-electron chi connectivity index (χ0n) is 12.5. The Balaban J connectivity index is 1.88. The second kappa shape index (κ2) is 8.04. The molecule has 3 nitrogen and oxygen atoms in total. The molecule has 0 aliphatic rings. The third kappa shape index (κ3) is 3.98. The maximum atomic E-state index is 13.7. The van der Waals surface area contributed by atoms with Crippen molar-refractivity contribution in [2.75, 3.05) is 13.7 Å². The van der Waals surface area contributed by atoms with Crippen molar-refractivity contribution in [1.82, 2.24) is 0 Å². The minimum Gasteiger partial charge on any atom is -0.493 e. The van der Waals surface area contributed by atoms with E-state index in [2.05, 4.69) is 6.07 Å². The van der Waals surface area contributed by atoms with Gasteiger partial charge in [-0.2, -0.15) is 5.26 Å². The van der Waals surface area contributed by atoms with Gasteiger partial charge in [0.25, 0.3) is 0 Å². The van der Waals surface area contributed by atoms with Crippen molar-refractivity contribution in [2.45, 2.75) is 18.8 Å². The highest BCUT2D eigenvalue weighted by Crippen LogP contribution is 2.27. The van der Waals surface area contributed by atoms with Gasteiger partial charge in [0.05, 0.1) is 25.7 Å². The second-order valence-corrected chi connectivity index (χ2v) is 4.84. The maximum Gasteiger partial charge on any atom is 0.161 e. The van der Waals surface area contributed by atoms with E-state index in [-0.39, 0.29) is 5.82 Å². The smallest absolute Gasteiger partial charge is 0.161 e. The normalized spacial score (nSPS) is 11.5. The largest absolute Gasteiger partial charge is 0.493 e. The van der Waals surface area contributed by atoms with Gasteiger partial charge in [-0.25, -0.2) is 4.39 Å². The second-order valence-electron chi connectivity index (χ2n) is 4.84. The number of para-hydroxylation sites is 2. The summed E-state index contributed by atoms with van der Waals surface area (Å²) in [5.74, 6) is 0.556. The van der Waals surface area contributed by atoms with Gasteiger partial charge in [0, 0.05) is 5.56 Å². The minimum absolute atomic E-state index is 0.334. The zero-order chi connectivity index (χ0) is 15.8. The summed E-state index contributed by atoms with van der Waals surface area (Å²) < 4.78 is 24.6. The molecule has 0 radical (unpaired) electrons. The SMILES string of the molecule is COc1ccccc1OCCCC(C#N)c1ccccc1F. The molecule has 1 atom stereocenters. The summed E-state index contributed by atoms with van der Waals surface area (Å²) in [6.45, 7) is 0.451. The molecule has 22 heavy (non-hydrogen) atoms. The lowest BCUT2D eigenvalue weighted by molar-refractivity contribution is 0.285. The molecule has 0 spiro atoms. The van der Waals surface area contributed by atoms with Crippen LogP contribution in [0, 0.1) is 17.1 Å². The summed E-state index contributed by atoms with van der Waals surface area (Å²) in [7, 11) is 1.59. The van der Waals surface area contributed by atoms with Gasteiger partial charge in [0.15, 0.2) is 11.5 Å². The number of ether oxygens (including phenoxy) is 2.